The third-order valence-electron chi connectivity index (χ3n) is 2.86. The summed E-state index contributed by atoms with van der Waals surface area (Å²) in [5, 5.41) is 3.55. The van der Waals surface area contributed by atoms with Gasteiger partial charge in [0.2, 0.25) is 0 Å². The first-order chi connectivity index (χ1) is 5.93. The van der Waals surface area contributed by atoms with Gasteiger partial charge in [0.05, 0.1) is 0 Å². The van der Waals surface area contributed by atoms with Crippen molar-refractivity contribution in [1.82, 2.24) is 5.32 Å². The van der Waals surface area contributed by atoms with Crippen molar-refractivity contribution in [2.24, 2.45) is 5.92 Å². The van der Waals surface area contributed by atoms with Crippen molar-refractivity contribution in [1.29, 1.82) is 0 Å². The summed E-state index contributed by atoms with van der Waals surface area (Å²) in [5.41, 5.74) is 0. The van der Waals surface area contributed by atoms with Crippen LogP contribution in [0.15, 0.2) is 0 Å². The van der Waals surface area contributed by atoms with Crippen LogP contribution in [0.25, 0.3) is 0 Å². The van der Waals surface area contributed by atoms with E-state index >= 15 is 0 Å². The number of hydrogen-bond acceptors (Lipinski definition) is 1. The Morgan fingerprint density at radius 3 is 3.00 bits per heavy atom. The van der Waals surface area contributed by atoms with Crippen molar-refractivity contribution in [3.63, 3.8) is 0 Å². The zero-order chi connectivity index (χ0) is 8.65. The Kier molecular flexibility index (Phi) is 5.42. The molecule has 0 radical (unpaired) electrons. The highest BCUT2D eigenvalue weighted by Crippen LogP contribution is 2.17. The van der Waals surface area contributed by atoms with Crippen LogP contribution in [0.3, 0.4) is 0 Å². The van der Waals surface area contributed by atoms with E-state index in [1.165, 1.54) is 58.0 Å². The first kappa shape index (κ1) is 10.0. The second kappa shape index (κ2) is 6.47. The van der Waals surface area contributed by atoms with Crippen LogP contribution in [0.5, 0.6) is 0 Å². The lowest BCUT2D eigenvalue weighted by Gasteiger charge is -2.20. The van der Waals surface area contributed by atoms with Gasteiger partial charge in [0.1, 0.15) is 0 Å². The van der Waals surface area contributed by atoms with E-state index in [9.17, 15) is 0 Å². The second-order valence-corrected chi connectivity index (χ2v) is 4.06. The van der Waals surface area contributed by atoms with Crippen LogP contribution in [0.4, 0.5) is 0 Å². The molecule has 1 saturated heterocycles. The summed E-state index contributed by atoms with van der Waals surface area (Å²) in [4.78, 5) is 0. The van der Waals surface area contributed by atoms with Crippen LogP contribution in [-0.2, 0) is 0 Å². The molecule has 0 aliphatic carbocycles. The minimum atomic E-state index is 0.977. The third kappa shape index (κ3) is 4.10. The Bertz CT molecular complexity index is 90.4. The largest absolute Gasteiger partial charge is 0.316 e. The minimum absolute atomic E-state index is 0.977. The van der Waals surface area contributed by atoms with E-state index in [2.05, 4.69) is 12.2 Å². The summed E-state index contributed by atoms with van der Waals surface area (Å²) >= 11 is 0. The van der Waals surface area contributed by atoms with E-state index in [-0.39, 0.29) is 0 Å². The van der Waals surface area contributed by atoms with E-state index in [0.29, 0.717) is 0 Å². The summed E-state index contributed by atoms with van der Waals surface area (Å²) in [6, 6.07) is 0. The average molecular weight is 169 g/mol. The van der Waals surface area contributed by atoms with Crippen LogP contribution < -0.4 is 5.32 Å². The van der Waals surface area contributed by atoms with Crippen LogP contribution in [0.2, 0.25) is 0 Å². The summed E-state index contributed by atoms with van der Waals surface area (Å²) in [6.07, 6.45) is 9.99. The van der Waals surface area contributed by atoms with Crippen LogP contribution in [-0.4, -0.2) is 13.1 Å². The average Bonchev–Trinajstić information content (AvgIpc) is 2.02. The third-order valence-corrected chi connectivity index (χ3v) is 2.86. The molecule has 0 aromatic rings. The monoisotopic (exact) mass is 169 g/mol. The number of unbranched alkanes of at least 4 members (excludes halogenated alkanes) is 1. The molecule has 1 aliphatic rings. The molecule has 1 fully saturated rings. The molecule has 0 aromatic heterocycles. The second-order valence-electron chi connectivity index (χ2n) is 4.06. The van der Waals surface area contributed by atoms with Gasteiger partial charge in [-0.2, -0.15) is 0 Å². The fraction of sp³-hybridized carbons (Fsp3) is 1.00. The Labute approximate surface area is 76.9 Å². The van der Waals surface area contributed by atoms with Gasteiger partial charge in [0.15, 0.2) is 0 Å². The number of hydrogen-bond donors (Lipinski definition) is 1. The lowest BCUT2D eigenvalue weighted by Crippen LogP contribution is -2.25. The predicted molar refractivity (Wildman–Crippen MR) is 54.4 cm³/mol. The molecular weight excluding hydrogens is 146 g/mol. The minimum Gasteiger partial charge on any atom is -0.316 e. The molecule has 1 heteroatoms. The maximum absolute atomic E-state index is 3.55. The molecule has 1 nitrogen and oxygen atoms in total. The first-order valence-electron chi connectivity index (χ1n) is 5.64. The van der Waals surface area contributed by atoms with Gasteiger partial charge in [0, 0.05) is 0 Å². The molecule has 1 rings (SSSR count). The Balaban J connectivity index is 2.11. The molecule has 1 atom stereocenters. The molecule has 1 heterocycles. The SMILES string of the molecule is CCCCC1CCCCCNC1. The van der Waals surface area contributed by atoms with Gasteiger partial charge < -0.3 is 5.32 Å². The van der Waals surface area contributed by atoms with Crippen molar-refractivity contribution in [3.05, 3.63) is 0 Å². The Morgan fingerprint density at radius 1 is 1.25 bits per heavy atom. The van der Waals surface area contributed by atoms with Gasteiger partial charge in [-0.15, -0.1) is 0 Å². The number of nitrogens with one attached hydrogen (secondary N) is 1. The summed E-state index contributed by atoms with van der Waals surface area (Å²) in [6.45, 7) is 4.82. The van der Waals surface area contributed by atoms with E-state index in [1.54, 1.807) is 0 Å². The van der Waals surface area contributed by atoms with Crippen LogP contribution >= 0.6 is 0 Å². The maximum atomic E-state index is 3.55. The van der Waals surface area contributed by atoms with Crippen LogP contribution in [0.1, 0.15) is 51.9 Å². The molecule has 1 aliphatic heterocycles. The smallest absolute Gasteiger partial charge is 0.00205 e. The van der Waals surface area contributed by atoms with Crippen LogP contribution in [0, 0.1) is 5.92 Å². The summed E-state index contributed by atoms with van der Waals surface area (Å²) in [5.74, 6) is 0.977. The van der Waals surface area contributed by atoms with Crippen molar-refractivity contribution in [3.8, 4) is 0 Å². The van der Waals surface area contributed by atoms with Gasteiger partial charge in [-0.1, -0.05) is 32.6 Å². The molecule has 0 amide bonds. The predicted octanol–water partition coefficient (Wildman–Crippen LogP) is 2.96. The quantitative estimate of drug-likeness (QED) is 0.685. The molecule has 0 aromatic carbocycles. The summed E-state index contributed by atoms with van der Waals surface area (Å²) in [7, 11) is 0. The maximum Gasteiger partial charge on any atom is -0.00205 e. The van der Waals surface area contributed by atoms with Gasteiger partial charge >= 0.3 is 0 Å². The molecule has 72 valence electrons. The Morgan fingerprint density at radius 2 is 2.17 bits per heavy atom. The molecule has 0 bridgehead atoms. The zero-order valence-electron chi connectivity index (χ0n) is 8.44. The zero-order valence-corrected chi connectivity index (χ0v) is 8.44. The highest BCUT2D eigenvalue weighted by molar-refractivity contribution is 4.66. The van der Waals surface area contributed by atoms with Gasteiger partial charge in [-0.3, -0.25) is 0 Å². The normalized spacial score (nSPS) is 26.2. The van der Waals surface area contributed by atoms with Crippen molar-refractivity contribution >= 4 is 0 Å². The van der Waals surface area contributed by atoms with E-state index in [1.807, 2.05) is 0 Å². The van der Waals surface area contributed by atoms with Crippen molar-refractivity contribution < 1.29 is 0 Å². The molecule has 1 unspecified atom stereocenters. The molecule has 0 spiro atoms. The first-order valence-corrected chi connectivity index (χ1v) is 5.64. The fourth-order valence-corrected chi connectivity index (χ4v) is 2.01. The van der Waals surface area contributed by atoms with E-state index in [0.717, 1.165) is 5.92 Å². The molecule has 1 N–H and O–H groups in total. The van der Waals surface area contributed by atoms with Gasteiger partial charge in [0.25, 0.3) is 0 Å². The standard InChI is InChI=1S/C11H23N/c1-2-3-7-11-8-5-4-6-9-12-10-11/h11-12H,2-10H2,1H3. The molecular formula is C11H23N. The lowest BCUT2D eigenvalue weighted by atomic mass is 9.94. The lowest BCUT2D eigenvalue weighted by molar-refractivity contribution is 0.366. The van der Waals surface area contributed by atoms with E-state index < -0.39 is 0 Å². The topological polar surface area (TPSA) is 12.0 Å². The molecule has 0 saturated carbocycles. The highest BCUT2D eigenvalue weighted by atomic mass is 14.9. The molecule has 12 heavy (non-hydrogen) atoms. The highest BCUT2D eigenvalue weighted by Gasteiger charge is 2.09. The van der Waals surface area contributed by atoms with Gasteiger partial charge in [-0.25, -0.2) is 0 Å². The van der Waals surface area contributed by atoms with Gasteiger partial charge in [-0.05, 0) is 38.3 Å². The van der Waals surface area contributed by atoms with Crippen molar-refractivity contribution in [2.75, 3.05) is 13.1 Å². The Hall–Kier alpha value is -0.0400. The van der Waals surface area contributed by atoms with Crippen molar-refractivity contribution in [2.45, 2.75) is 51.9 Å². The number of rotatable bonds is 3. The summed E-state index contributed by atoms with van der Waals surface area (Å²) < 4.78 is 0. The fourth-order valence-electron chi connectivity index (χ4n) is 2.01. The van der Waals surface area contributed by atoms with E-state index in [4.69, 9.17) is 0 Å².